The van der Waals surface area contributed by atoms with Gasteiger partial charge in [-0.15, -0.1) is 0 Å². The average molecular weight is 341 g/mol. The van der Waals surface area contributed by atoms with Crippen LogP contribution < -0.4 is 4.74 Å². The van der Waals surface area contributed by atoms with Crippen LogP contribution in [0.15, 0.2) is 17.7 Å². The SMILES string of the molecule is CC1CC2=C(C1)C(C)(C)Oc1cc(CCC3CCCCC3)cc(O)c12. The van der Waals surface area contributed by atoms with E-state index in [1.54, 1.807) is 0 Å². The first kappa shape index (κ1) is 17.0. The van der Waals surface area contributed by atoms with Gasteiger partial charge in [0, 0.05) is 0 Å². The number of aryl methyl sites for hydroxylation is 1. The van der Waals surface area contributed by atoms with Crippen molar-refractivity contribution < 1.29 is 9.84 Å². The molecule has 3 aliphatic rings. The Hall–Kier alpha value is -1.44. The smallest absolute Gasteiger partial charge is 0.132 e. The van der Waals surface area contributed by atoms with Crippen LogP contribution in [0.2, 0.25) is 0 Å². The molecule has 0 saturated heterocycles. The first-order valence-electron chi connectivity index (χ1n) is 10.2. The Bertz CT molecular complexity index is 692. The average Bonchev–Trinajstić information content (AvgIpc) is 2.96. The van der Waals surface area contributed by atoms with Crippen molar-refractivity contribution in [1.82, 2.24) is 0 Å². The van der Waals surface area contributed by atoms with Crippen molar-refractivity contribution in [3.05, 3.63) is 28.8 Å². The molecule has 0 spiro atoms. The van der Waals surface area contributed by atoms with E-state index in [-0.39, 0.29) is 5.60 Å². The molecule has 0 bridgehead atoms. The summed E-state index contributed by atoms with van der Waals surface area (Å²) in [7, 11) is 0. The van der Waals surface area contributed by atoms with E-state index in [1.807, 2.05) is 6.07 Å². The highest BCUT2D eigenvalue weighted by Crippen LogP contribution is 2.53. The van der Waals surface area contributed by atoms with Crippen molar-refractivity contribution >= 4 is 5.57 Å². The number of phenolic OH excluding ortho intramolecular Hbond substituents is 1. The van der Waals surface area contributed by atoms with E-state index in [0.717, 1.165) is 36.5 Å². The van der Waals surface area contributed by atoms with E-state index < -0.39 is 0 Å². The van der Waals surface area contributed by atoms with Crippen LogP contribution in [-0.2, 0) is 6.42 Å². The van der Waals surface area contributed by atoms with Gasteiger partial charge in [-0.2, -0.15) is 0 Å². The summed E-state index contributed by atoms with van der Waals surface area (Å²) in [5.74, 6) is 2.84. The molecule has 1 unspecified atom stereocenters. The van der Waals surface area contributed by atoms with E-state index in [2.05, 4.69) is 26.8 Å². The van der Waals surface area contributed by atoms with Crippen molar-refractivity contribution in [1.29, 1.82) is 0 Å². The summed E-state index contributed by atoms with van der Waals surface area (Å²) < 4.78 is 6.38. The number of fused-ring (bicyclic) bond motifs is 2. The van der Waals surface area contributed by atoms with Gasteiger partial charge in [0.25, 0.3) is 0 Å². The molecule has 1 saturated carbocycles. The molecule has 2 nitrogen and oxygen atoms in total. The van der Waals surface area contributed by atoms with Crippen LogP contribution in [0.25, 0.3) is 5.57 Å². The van der Waals surface area contributed by atoms with Gasteiger partial charge >= 0.3 is 0 Å². The topological polar surface area (TPSA) is 29.5 Å². The van der Waals surface area contributed by atoms with Gasteiger partial charge in [-0.05, 0) is 80.2 Å². The third-order valence-corrected chi connectivity index (χ3v) is 6.57. The van der Waals surface area contributed by atoms with Gasteiger partial charge in [-0.1, -0.05) is 39.0 Å². The molecule has 0 amide bonds. The number of benzene rings is 1. The number of allylic oxidation sites excluding steroid dienone is 1. The predicted molar refractivity (Wildman–Crippen MR) is 103 cm³/mol. The lowest BCUT2D eigenvalue weighted by Gasteiger charge is -2.35. The molecule has 2 aliphatic carbocycles. The van der Waals surface area contributed by atoms with E-state index in [1.165, 1.54) is 55.2 Å². The fourth-order valence-electron chi connectivity index (χ4n) is 5.25. The molecule has 1 atom stereocenters. The number of aromatic hydroxyl groups is 1. The van der Waals surface area contributed by atoms with Crippen LogP contribution in [0.5, 0.6) is 11.5 Å². The third kappa shape index (κ3) is 3.20. The van der Waals surface area contributed by atoms with E-state index in [4.69, 9.17) is 4.74 Å². The highest BCUT2D eigenvalue weighted by atomic mass is 16.5. The first-order chi connectivity index (χ1) is 11.9. The normalized spacial score (nSPS) is 25.5. The second-order valence-electron chi connectivity index (χ2n) is 9.11. The minimum absolute atomic E-state index is 0.248. The van der Waals surface area contributed by atoms with Crippen LogP contribution in [0.4, 0.5) is 0 Å². The maximum Gasteiger partial charge on any atom is 0.132 e. The standard InChI is InChI=1S/C23H32O2/c1-15-11-18-19(12-15)23(2,3)25-21-14-17(13-20(24)22(18)21)10-9-16-7-5-4-6-8-16/h13-16,24H,4-12H2,1-3H3. The molecule has 1 aliphatic heterocycles. The molecule has 1 aromatic rings. The highest BCUT2D eigenvalue weighted by molar-refractivity contribution is 5.82. The van der Waals surface area contributed by atoms with Crippen molar-refractivity contribution in [3.8, 4) is 11.5 Å². The zero-order valence-electron chi connectivity index (χ0n) is 16.0. The van der Waals surface area contributed by atoms with Crippen molar-refractivity contribution in [2.24, 2.45) is 11.8 Å². The quantitative estimate of drug-likeness (QED) is 0.703. The Morgan fingerprint density at radius 3 is 2.64 bits per heavy atom. The van der Waals surface area contributed by atoms with Crippen LogP contribution in [0.1, 0.15) is 83.3 Å². The van der Waals surface area contributed by atoms with Crippen molar-refractivity contribution in [2.75, 3.05) is 0 Å². The van der Waals surface area contributed by atoms with Crippen LogP contribution in [0, 0.1) is 11.8 Å². The Morgan fingerprint density at radius 2 is 1.88 bits per heavy atom. The minimum Gasteiger partial charge on any atom is -0.507 e. The molecule has 25 heavy (non-hydrogen) atoms. The number of hydrogen-bond donors (Lipinski definition) is 1. The summed E-state index contributed by atoms with van der Waals surface area (Å²) >= 11 is 0. The summed E-state index contributed by atoms with van der Waals surface area (Å²) in [6.45, 7) is 6.65. The fraction of sp³-hybridized carbons (Fsp3) is 0.652. The molecule has 1 heterocycles. The maximum atomic E-state index is 10.8. The maximum absolute atomic E-state index is 10.8. The summed E-state index contributed by atoms with van der Waals surface area (Å²) in [4.78, 5) is 0. The molecule has 136 valence electrons. The zero-order valence-corrected chi connectivity index (χ0v) is 16.0. The molecule has 0 radical (unpaired) electrons. The molecule has 1 fully saturated rings. The van der Waals surface area contributed by atoms with E-state index in [9.17, 15) is 5.11 Å². The number of ether oxygens (including phenoxy) is 1. The monoisotopic (exact) mass is 340 g/mol. The number of phenols is 1. The van der Waals surface area contributed by atoms with Crippen molar-refractivity contribution in [3.63, 3.8) is 0 Å². The first-order valence-corrected chi connectivity index (χ1v) is 10.2. The lowest BCUT2D eigenvalue weighted by atomic mass is 9.84. The Labute approximate surface area is 152 Å². The lowest BCUT2D eigenvalue weighted by Crippen LogP contribution is -2.33. The minimum atomic E-state index is -0.248. The molecule has 0 aromatic heterocycles. The summed E-state index contributed by atoms with van der Waals surface area (Å²) in [6.07, 6.45) is 11.4. The molecule has 4 rings (SSSR count). The zero-order chi connectivity index (χ0) is 17.6. The molecule has 2 heteroatoms. The molecule has 1 N–H and O–H groups in total. The van der Waals surface area contributed by atoms with Gasteiger partial charge in [0.2, 0.25) is 0 Å². The fourth-order valence-corrected chi connectivity index (χ4v) is 5.25. The number of hydrogen-bond acceptors (Lipinski definition) is 2. The highest BCUT2D eigenvalue weighted by Gasteiger charge is 2.40. The molecular formula is C23H32O2. The Kier molecular flexibility index (Phi) is 4.33. The summed E-state index contributed by atoms with van der Waals surface area (Å²) in [6, 6.07) is 4.20. The van der Waals surface area contributed by atoms with Gasteiger partial charge in [0.1, 0.15) is 17.1 Å². The molecule has 1 aromatic carbocycles. The van der Waals surface area contributed by atoms with Crippen molar-refractivity contribution in [2.45, 2.75) is 84.2 Å². The van der Waals surface area contributed by atoms with Gasteiger partial charge in [0.15, 0.2) is 0 Å². The Balaban J connectivity index is 1.60. The third-order valence-electron chi connectivity index (χ3n) is 6.57. The second-order valence-corrected chi connectivity index (χ2v) is 9.11. The predicted octanol–water partition coefficient (Wildman–Crippen LogP) is 6.26. The largest absolute Gasteiger partial charge is 0.507 e. The van der Waals surface area contributed by atoms with Crippen LogP contribution in [-0.4, -0.2) is 10.7 Å². The Morgan fingerprint density at radius 1 is 1.12 bits per heavy atom. The second kappa shape index (κ2) is 6.37. The number of rotatable bonds is 3. The van der Waals surface area contributed by atoms with Gasteiger partial charge in [-0.25, -0.2) is 0 Å². The van der Waals surface area contributed by atoms with E-state index >= 15 is 0 Å². The van der Waals surface area contributed by atoms with E-state index in [0.29, 0.717) is 11.7 Å². The van der Waals surface area contributed by atoms with Crippen LogP contribution >= 0.6 is 0 Å². The lowest BCUT2D eigenvalue weighted by molar-refractivity contribution is 0.140. The molecular weight excluding hydrogens is 308 g/mol. The summed E-state index contributed by atoms with van der Waals surface area (Å²) in [5.41, 5.74) is 4.68. The van der Waals surface area contributed by atoms with Gasteiger partial charge in [-0.3, -0.25) is 0 Å². The van der Waals surface area contributed by atoms with Crippen LogP contribution in [0.3, 0.4) is 0 Å². The summed E-state index contributed by atoms with van der Waals surface area (Å²) in [5, 5.41) is 10.8. The van der Waals surface area contributed by atoms with Gasteiger partial charge in [0.05, 0.1) is 5.56 Å². The van der Waals surface area contributed by atoms with Gasteiger partial charge < -0.3 is 9.84 Å².